The molecule has 0 N–H and O–H groups in total. The van der Waals surface area contributed by atoms with Crippen LogP contribution in [0.3, 0.4) is 0 Å². The molecule has 1 nitrogen and oxygen atoms in total. The molecule has 0 aliphatic carbocycles. The fourth-order valence-electron chi connectivity index (χ4n) is 5.62. The molecule has 0 saturated heterocycles. The Kier molecular flexibility index (Phi) is 17.1. The molecular formula is C41H54O. The van der Waals surface area contributed by atoms with Crippen LogP contribution in [0.4, 0.5) is 0 Å². The topological polar surface area (TPSA) is 17.1 Å². The Morgan fingerprint density at radius 2 is 0.857 bits per heavy atom. The van der Waals surface area contributed by atoms with Gasteiger partial charge in [-0.25, -0.2) is 0 Å². The zero-order valence-corrected chi connectivity index (χ0v) is 26.1. The summed E-state index contributed by atoms with van der Waals surface area (Å²) in [6.07, 6.45) is 30.1. The highest BCUT2D eigenvalue weighted by atomic mass is 16.1. The van der Waals surface area contributed by atoms with Crippen molar-refractivity contribution in [2.45, 2.75) is 116 Å². The summed E-state index contributed by atoms with van der Waals surface area (Å²) in [5, 5.41) is 0. The predicted molar refractivity (Wildman–Crippen MR) is 184 cm³/mol. The lowest BCUT2D eigenvalue weighted by atomic mass is 10.0. The minimum absolute atomic E-state index is 0.0508. The van der Waals surface area contributed by atoms with E-state index < -0.39 is 0 Å². The van der Waals surface area contributed by atoms with E-state index in [1.165, 1.54) is 126 Å². The van der Waals surface area contributed by atoms with Gasteiger partial charge in [0.25, 0.3) is 0 Å². The number of carbonyl (C=O) groups is 1. The molecule has 0 aliphatic heterocycles. The lowest BCUT2D eigenvalue weighted by molar-refractivity contribution is 0.104. The molecule has 0 fully saturated rings. The molecule has 0 aromatic heterocycles. The molecule has 0 bridgehead atoms. The maximum atomic E-state index is 12.2. The molecule has 0 atom stereocenters. The Bertz CT molecular complexity index is 1140. The van der Waals surface area contributed by atoms with Crippen molar-refractivity contribution >= 4 is 17.9 Å². The van der Waals surface area contributed by atoms with Gasteiger partial charge < -0.3 is 0 Å². The summed E-state index contributed by atoms with van der Waals surface area (Å²) in [4.78, 5) is 12.2. The summed E-state index contributed by atoms with van der Waals surface area (Å²) in [6.45, 7) is 3.82. The largest absolute Gasteiger partial charge is 0.289 e. The number of carbonyl (C=O) groups excluding carboxylic acids is 1. The fourth-order valence-corrected chi connectivity index (χ4v) is 5.62. The highest BCUT2D eigenvalue weighted by Gasteiger charge is 2.00. The van der Waals surface area contributed by atoms with Crippen LogP contribution < -0.4 is 0 Å². The van der Waals surface area contributed by atoms with Crippen LogP contribution >= 0.6 is 0 Å². The summed E-state index contributed by atoms with van der Waals surface area (Å²) in [6, 6.07) is 26.9. The van der Waals surface area contributed by atoms with Crippen molar-refractivity contribution in [1.82, 2.24) is 0 Å². The maximum absolute atomic E-state index is 12.2. The van der Waals surface area contributed by atoms with E-state index in [1.807, 2.05) is 42.5 Å². The highest BCUT2D eigenvalue weighted by molar-refractivity contribution is 6.06. The van der Waals surface area contributed by atoms with Crippen LogP contribution in [0, 0.1) is 0 Å². The van der Waals surface area contributed by atoms with Crippen molar-refractivity contribution in [1.29, 1.82) is 0 Å². The van der Waals surface area contributed by atoms with Gasteiger partial charge in [0.05, 0.1) is 0 Å². The number of allylic oxidation sites excluding steroid dienone is 1. The van der Waals surface area contributed by atoms with E-state index in [4.69, 9.17) is 0 Å². The lowest BCUT2D eigenvalue weighted by Gasteiger charge is -2.05. The Labute approximate surface area is 257 Å². The van der Waals surface area contributed by atoms with Crippen molar-refractivity contribution in [2.75, 3.05) is 0 Å². The Balaban J connectivity index is 1.06. The molecule has 1 heteroatoms. The van der Waals surface area contributed by atoms with E-state index in [1.54, 1.807) is 6.08 Å². The predicted octanol–water partition coefficient (Wildman–Crippen LogP) is 12.3. The molecule has 0 saturated carbocycles. The van der Waals surface area contributed by atoms with Crippen LogP contribution in [0.25, 0.3) is 12.2 Å². The molecule has 3 aromatic carbocycles. The molecule has 0 heterocycles. The monoisotopic (exact) mass is 562 g/mol. The molecule has 42 heavy (non-hydrogen) atoms. The molecule has 0 amide bonds. The Hall–Kier alpha value is -3.19. The third-order valence-corrected chi connectivity index (χ3v) is 8.36. The van der Waals surface area contributed by atoms with Crippen molar-refractivity contribution in [3.63, 3.8) is 0 Å². The van der Waals surface area contributed by atoms with Gasteiger partial charge in [-0.1, -0.05) is 187 Å². The lowest BCUT2D eigenvalue weighted by Crippen LogP contribution is -1.92. The number of hydrogen-bond acceptors (Lipinski definition) is 1. The molecule has 224 valence electrons. The third kappa shape index (κ3) is 14.6. The maximum Gasteiger partial charge on any atom is 0.185 e. The first-order valence-electron chi connectivity index (χ1n) is 16.8. The number of unbranched alkanes of at least 4 members (excludes halogenated alkanes) is 15. The number of benzene rings is 3. The van der Waals surface area contributed by atoms with Crippen molar-refractivity contribution in [3.05, 3.63) is 119 Å². The van der Waals surface area contributed by atoms with Crippen LogP contribution in [0.2, 0.25) is 0 Å². The first-order chi connectivity index (χ1) is 20.7. The van der Waals surface area contributed by atoms with Crippen molar-refractivity contribution in [2.24, 2.45) is 0 Å². The molecule has 3 aromatic rings. The van der Waals surface area contributed by atoms with Gasteiger partial charge >= 0.3 is 0 Å². The van der Waals surface area contributed by atoms with Crippen molar-refractivity contribution in [3.8, 4) is 0 Å². The van der Waals surface area contributed by atoms with E-state index in [9.17, 15) is 4.79 Å². The average Bonchev–Trinajstić information content (AvgIpc) is 3.04. The van der Waals surface area contributed by atoms with Gasteiger partial charge in [0.1, 0.15) is 0 Å². The molecular weight excluding hydrogens is 508 g/mol. The summed E-state index contributed by atoms with van der Waals surface area (Å²) in [5.74, 6) is 0.0508. The first kappa shape index (κ1) is 33.3. The van der Waals surface area contributed by atoms with E-state index in [2.05, 4.69) is 55.1 Å². The summed E-state index contributed by atoms with van der Waals surface area (Å²) >= 11 is 0. The van der Waals surface area contributed by atoms with Crippen LogP contribution in [0.5, 0.6) is 0 Å². The van der Waals surface area contributed by atoms with Crippen LogP contribution in [-0.2, 0) is 12.8 Å². The minimum atomic E-state index is 0.0508. The third-order valence-electron chi connectivity index (χ3n) is 8.36. The summed E-state index contributed by atoms with van der Waals surface area (Å²) in [7, 11) is 0. The Morgan fingerprint density at radius 3 is 1.26 bits per heavy atom. The van der Waals surface area contributed by atoms with E-state index in [0.717, 1.165) is 17.5 Å². The average molecular weight is 563 g/mol. The molecule has 0 aliphatic rings. The smallest absolute Gasteiger partial charge is 0.185 e. The summed E-state index contributed by atoms with van der Waals surface area (Å²) < 4.78 is 0. The van der Waals surface area contributed by atoms with E-state index in [-0.39, 0.29) is 5.78 Å². The van der Waals surface area contributed by atoms with Crippen LogP contribution in [0.1, 0.15) is 135 Å². The van der Waals surface area contributed by atoms with Gasteiger partial charge in [0.2, 0.25) is 0 Å². The van der Waals surface area contributed by atoms with Gasteiger partial charge in [-0.3, -0.25) is 4.79 Å². The second-order valence-electron chi connectivity index (χ2n) is 11.9. The quantitative estimate of drug-likeness (QED) is 0.0638. The molecule has 0 unspecified atom stereocenters. The van der Waals surface area contributed by atoms with E-state index >= 15 is 0 Å². The molecule has 0 spiro atoms. The van der Waals surface area contributed by atoms with Crippen LogP contribution in [0.15, 0.2) is 91.5 Å². The molecule has 3 rings (SSSR count). The number of rotatable bonds is 23. The van der Waals surface area contributed by atoms with Crippen LogP contribution in [-0.4, -0.2) is 5.78 Å². The number of ketones is 1. The second kappa shape index (κ2) is 21.5. The standard InChI is InChI=1S/C41H54O/c1-2-36-26-28-37(29-27-36)22-18-15-13-11-9-7-5-3-4-6-8-10-12-14-16-19-23-38-30-32-39(33-31-38)34-35-41(42)40-24-20-17-21-25-40/h2,17,20-21,24-35H,1,3-16,18-19,22-23H2/b35-34+. The first-order valence-corrected chi connectivity index (χ1v) is 16.8. The second-order valence-corrected chi connectivity index (χ2v) is 11.9. The zero-order valence-electron chi connectivity index (χ0n) is 26.1. The van der Waals surface area contributed by atoms with E-state index in [0.29, 0.717) is 0 Å². The zero-order chi connectivity index (χ0) is 29.5. The van der Waals surface area contributed by atoms with Crippen molar-refractivity contribution < 1.29 is 4.79 Å². The van der Waals surface area contributed by atoms with Gasteiger partial charge in [0, 0.05) is 5.56 Å². The van der Waals surface area contributed by atoms with Gasteiger partial charge in [-0.05, 0) is 54.0 Å². The summed E-state index contributed by atoms with van der Waals surface area (Å²) in [5.41, 5.74) is 5.88. The normalized spacial score (nSPS) is 11.2. The number of aryl methyl sites for hydroxylation is 2. The SMILES string of the molecule is C=Cc1ccc(CCCCCCCCCCCCCCCCCCc2ccc(/C=C/C(=O)c3ccccc3)cc2)cc1. The highest BCUT2D eigenvalue weighted by Crippen LogP contribution is 2.16. The van der Waals surface area contributed by atoms with Gasteiger partial charge in [-0.2, -0.15) is 0 Å². The van der Waals surface area contributed by atoms with Gasteiger partial charge in [-0.15, -0.1) is 0 Å². The Morgan fingerprint density at radius 1 is 0.476 bits per heavy atom. The number of hydrogen-bond donors (Lipinski definition) is 0. The fraction of sp³-hybridized carbons (Fsp3) is 0.439. The van der Waals surface area contributed by atoms with Gasteiger partial charge in [0.15, 0.2) is 5.78 Å². The molecule has 0 radical (unpaired) electrons. The minimum Gasteiger partial charge on any atom is -0.289 e.